The van der Waals surface area contributed by atoms with Crippen LogP contribution in [0.5, 0.6) is 0 Å². The van der Waals surface area contributed by atoms with E-state index in [1.165, 1.54) is 11.8 Å². The minimum atomic E-state index is -0.268. The highest BCUT2D eigenvalue weighted by molar-refractivity contribution is 7.99. The van der Waals surface area contributed by atoms with E-state index in [4.69, 9.17) is 22.1 Å². The maximum absolute atomic E-state index is 9.78. The van der Waals surface area contributed by atoms with E-state index in [0.717, 1.165) is 61.1 Å². The van der Waals surface area contributed by atoms with Crippen LogP contribution in [0.4, 0.5) is 23.4 Å². The van der Waals surface area contributed by atoms with E-state index in [1.54, 1.807) is 24.7 Å². The molecule has 14 heteroatoms. The molecule has 5 heterocycles. The van der Waals surface area contributed by atoms with E-state index in [0.29, 0.717) is 29.0 Å². The van der Waals surface area contributed by atoms with Gasteiger partial charge in [0.15, 0.2) is 5.82 Å². The zero-order valence-electron chi connectivity index (χ0n) is 22.7. The van der Waals surface area contributed by atoms with E-state index in [2.05, 4.69) is 47.4 Å². The number of nitrogens with two attached hydrogens (primary N) is 1. The van der Waals surface area contributed by atoms with E-state index in [1.807, 2.05) is 12.3 Å². The number of hydrogen-bond donors (Lipinski definition) is 4. The van der Waals surface area contributed by atoms with Crippen molar-refractivity contribution in [2.75, 3.05) is 35.2 Å². The molecule has 1 aliphatic carbocycles. The Balaban J connectivity index is 0.00000337. The number of rotatable bonds is 7. The highest BCUT2D eigenvalue weighted by Gasteiger charge is 2.47. The smallest absolute Gasteiger partial charge is 0.224 e. The summed E-state index contributed by atoms with van der Waals surface area (Å²) < 4.78 is 5.84. The first-order valence-electron chi connectivity index (χ1n) is 13.7. The third kappa shape index (κ3) is 6.63. The molecule has 5 N–H and O–H groups in total. The van der Waals surface area contributed by atoms with Gasteiger partial charge in [-0.3, -0.25) is 0 Å². The molecule has 220 valence electrons. The Morgan fingerprint density at radius 2 is 1.93 bits per heavy atom. The van der Waals surface area contributed by atoms with Crippen LogP contribution in [-0.2, 0) is 4.74 Å². The first kappa shape index (κ1) is 30.0. The SMILES string of the molecule is C[C@@H]1OCC2(CCN(c3cnc(Sc4ccnc(Nc5ccnc(N[C@H]6CC[C@@H](O)C6)n5)c4Cl)cn3)CC2)[C@@H]1N.Cl. The molecule has 11 nitrogen and oxygen atoms in total. The number of hydrogen-bond acceptors (Lipinski definition) is 12. The van der Waals surface area contributed by atoms with Gasteiger partial charge in [0.25, 0.3) is 0 Å². The first-order valence-corrected chi connectivity index (χ1v) is 14.9. The van der Waals surface area contributed by atoms with Crippen LogP contribution < -0.4 is 21.3 Å². The molecule has 6 rings (SSSR count). The highest BCUT2D eigenvalue weighted by Crippen LogP contribution is 2.42. The molecule has 1 saturated carbocycles. The maximum Gasteiger partial charge on any atom is 0.224 e. The number of anilines is 4. The van der Waals surface area contributed by atoms with Gasteiger partial charge in [-0.25, -0.2) is 19.9 Å². The number of pyridine rings is 1. The Labute approximate surface area is 254 Å². The van der Waals surface area contributed by atoms with Crippen molar-refractivity contribution in [3.8, 4) is 0 Å². The lowest BCUT2D eigenvalue weighted by molar-refractivity contribution is 0.0974. The average molecular weight is 621 g/mol. The fourth-order valence-electron chi connectivity index (χ4n) is 5.77. The van der Waals surface area contributed by atoms with Gasteiger partial charge in [0.2, 0.25) is 5.95 Å². The molecule has 2 saturated heterocycles. The predicted octanol–water partition coefficient (Wildman–Crippen LogP) is 4.29. The molecule has 0 aromatic carbocycles. The lowest BCUT2D eigenvalue weighted by Gasteiger charge is -2.41. The zero-order chi connectivity index (χ0) is 27.7. The summed E-state index contributed by atoms with van der Waals surface area (Å²) in [5, 5.41) is 17.5. The number of halogens is 2. The second-order valence-electron chi connectivity index (χ2n) is 10.9. The molecule has 0 bridgehead atoms. The highest BCUT2D eigenvalue weighted by atomic mass is 35.5. The molecule has 1 spiro atoms. The van der Waals surface area contributed by atoms with Crippen molar-refractivity contribution in [3.63, 3.8) is 0 Å². The fraction of sp³-hybridized carbons (Fsp3) is 0.519. The summed E-state index contributed by atoms with van der Waals surface area (Å²) in [4.78, 5) is 25.6. The van der Waals surface area contributed by atoms with Crippen LogP contribution in [0.2, 0.25) is 5.02 Å². The molecular formula is C27H35Cl2N9O2S. The number of nitrogens with one attached hydrogen (secondary N) is 2. The summed E-state index contributed by atoms with van der Waals surface area (Å²) in [7, 11) is 0. The molecular weight excluding hydrogens is 585 g/mol. The van der Waals surface area contributed by atoms with Gasteiger partial charge < -0.3 is 31.1 Å². The van der Waals surface area contributed by atoms with Crippen LogP contribution in [0.15, 0.2) is 46.8 Å². The summed E-state index contributed by atoms with van der Waals surface area (Å²) in [6.45, 7) is 4.59. The van der Waals surface area contributed by atoms with Gasteiger partial charge >= 0.3 is 0 Å². The molecule has 3 fully saturated rings. The molecule has 41 heavy (non-hydrogen) atoms. The summed E-state index contributed by atoms with van der Waals surface area (Å²) >= 11 is 8.16. The molecule has 3 aliphatic rings. The van der Waals surface area contributed by atoms with Gasteiger partial charge in [-0.15, -0.1) is 12.4 Å². The topological polar surface area (TPSA) is 147 Å². The van der Waals surface area contributed by atoms with Gasteiger partial charge in [-0.05, 0) is 51.2 Å². The van der Waals surface area contributed by atoms with Crippen LogP contribution in [0.3, 0.4) is 0 Å². The van der Waals surface area contributed by atoms with Gasteiger partial charge in [0.1, 0.15) is 16.7 Å². The second-order valence-corrected chi connectivity index (χ2v) is 12.3. The minimum Gasteiger partial charge on any atom is -0.393 e. The summed E-state index contributed by atoms with van der Waals surface area (Å²) in [6.07, 6.45) is 11.2. The van der Waals surface area contributed by atoms with Crippen LogP contribution in [-0.4, -0.2) is 74.0 Å². The maximum atomic E-state index is 9.78. The Hall–Kier alpha value is -2.48. The van der Waals surface area contributed by atoms with Gasteiger partial charge in [-0.2, -0.15) is 4.98 Å². The Kier molecular flexibility index (Phi) is 9.37. The van der Waals surface area contributed by atoms with Crippen LogP contribution >= 0.6 is 35.8 Å². The van der Waals surface area contributed by atoms with E-state index in [-0.39, 0.29) is 42.1 Å². The second kappa shape index (κ2) is 12.8. The van der Waals surface area contributed by atoms with Crippen molar-refractivity contribution < 1.29 is 9.84 Å². The number of nitrogens with zero attached hydrogens (tertiary/aromatic N) is 6. The number of aliphatic hydroxyl groups excluding tert-OH is 1. The monoisotopic (exact) mass is 619 g/mol. The molecule has 2 aliphatic heterocycles. The minimum absolute atomic E-state index is 0. The van der Waals surface area contributed by atoms with Crippen molar-refractivity contribution in [3.05, 3.63) is 41.9 Å². The Morgan fingerprint density at radius 1 is 1.12 bits per heavy atom. The largest absolute Gasteiger partial charge is 0.393 e. The standard InChI is InChI=1S/C27H34ClN9O2S.ClH/c1-16-24(29)27(15-39-16)6-10-37(11-7-27)21-13-33-22(14-32-21)40-19-4-8-30-25(23(19)28)35-20-5-9-31-26(36-20)34-17-2-3-18(38)12-17;/h4-5,8-9,13-14,16-18,24,38H,2-3,6-7,10-12,15,29H2,1H3,(H2,30,31,34,35,36);1H/t16-,17-,18+,24+;/m0./s1. The number of aliphatic hydroxyl groups is 1. The number of aromatic nitrogens is 5. The van der Waals surface area contributed by atoms with Gasteiger partial charge in [0, 0.05) is 47.9 Å². The van der Waals surface area contributed by atoms with E-state index >= 15 is 0 Å². The van der Waals surface area contributed by atoms with Crippen molar-refractivity contribution >= 4 is 59.2 Å². The van der Waals surface area contributed by atoms with Crippen molar-refractivity contribution in [2.45, 2.75) is 73.2 Å². The molecule has 3 aromatic rings. The molecule has 0 amide bonds. The predicted molar refractivity (Wildman–Crippen MR) is 163 cm³/mol. The summed E-state index contributed by atoms with van der Waals surface area (Å²) in [6, 6.07) is 3.86. The molecule has 4 atom stereocenters. The number of ether oxygens (including phenoxy) is 1. The zero-order valence-corrected chi connectivity index (χ0v) is 25.1. The average Bonchev–Trinajstić information content (AvgIpc) is 3.49. The van der Waals surface area contributed by atoms with Crippen molar-refractivity contribution in [1.82, 2.24) is 24.9 Å². The van der Waals surface area contributed by atoms with Crippen molar-refractivity contribution in [1.29, 1.82) is 0 Å². The fourth-order valence-corrected chi connectivity index (χ4v) is 6.80. The Bertz CT molecular complexity index is 1330. The normalized spacial score (nSPS) is 25.2. The summed E-state index contributed by atoms with van der Waals surface area (Å²) in [5.41, 5.74) is 6.54. The lowest BCUT2D eigenvalue weighted by Crippen LogP contribution is -2.50. The first-order chi connectivity index (χ1) is 19.4. The quantitative estimate of drug-likeness (QED) is 0.299. The van der Waals surface area contributed by atoms with E-state index in [9.17, 15) is 5.11 Å². The third-order valence-electron chi connectivity index (χ3n) is 8.25. The van der Waals surface area contributed by atoms with E-state index < -0.39 is 0 Å². The Morgan fingerprint density at radius 3 is 2.61 bits per heavy atom. The summed E-state index contributed by atoms with van der Waals surface area (Å²) in [5.74, 6) is 2.42. The van der Waals surface area contributed by atoms with Crippen LogP contribution in [0.25, 0.3) is 0 Å². The molecule has 0 radical (unpaired) electrons. The lowest BCUT2D eigenvalue weighted by atomic mass is 9.73. The van der Waals surface area contributed by atoms with Gasteiger partial charge in [-0.1, -0.05) is 23.4 Å². The third-order valence-corrected chi connectivity index (χ3v) is 9.73. The molecule has 3 aromatic heterocycles. The van der Waals surface area contributed by atoms with Crippen LogP contribution in [0.1, 0.15) is 39.0 Å². The van der Waals surface area contributed by atoms with Crippen LogP contribution in [0, 0.1) is 5.41 Å². The van der Waals surface area contributed by atoms with Gasteiger partial charge in [0.05, 0.1) is 36.2 Å². The molecule has 0 unspecified atom stereocenters. The van der Waals surface area contributed by atoms with Crippen molar-refractivity contribution in [2.24, 2.45) is 11.1 Å². The number of piperidine rings is 1.